The predicted molar refractivity (Wildman–Crippen MR) is 81.8 cm³/mol. The number of piperidine rings is 1. The summed E-state index contributed by atoms with van der Waals surface area (Å²) in [6.45, 7) is 7.04. The van der Waals surface area contributed by atoms with Gasteiger partial charge in [-0.05, 0) is 63.7 Å². The van der Waals surface area contributed by atoms with Crippen LogP contribution < -0.4 is 10.2 Å². The molecule has 1 aliphatic carbocycles. The van der Waals surface area contributed by atoms with E-state index in [1.807, 2.05) is 4.90 Å². The van der Waals surface area contributed by atoms with E-state index in [0.717, 1.165) is 44.6 Å². The molecule has 1 unspecified atom stereocenters. The summed E-state index contributed by atoms with van der Waals surface area (Å²) in [6.07, 6.45) is 3.42. The molecular formula is C17H24N2O. The SMILES string of the molecule is CCN(C(=O)C1CC12CCNCC2)c1ccc(C)cc1. The molecule has 0 radical (unpaired) electrons. The Labute approximate surface area is 121 Å². The smallest absolute Gasteiger partial charge is 0.230 e. The normalized spacial score (nSPS) is 23.6. The number of nitrogens with zero attached hydrogens (tertiary/aromatic N) is 1. The van der Waals surface area contributed by atoms with Gasteiger partial charge in [0.2, 0.25) is 5.91 Å². The van der Waals surface area contributed by atoms with Gasteiger partial charge in [0.05, 0.1) is 0 Å². The topological polar surface area (TPSA) is 32.3 Å². The summed E-state index contributed by atoms with van der Waals surface area (Å²) in [5, 5.41) is 3.40. The highest BCUT2D eigenvalue weighted by Crippen LogP contribution is 2.59. The lowest BCUT2D eigenvalue weighted by Gasteiger charge is -2.26. The Morgan fingerprint density at radius 3 is 2.55 bits per heavy atom. The number of nitrogens with one attached hydrogen (secondary N) is 1. The number of anilines is 1. The summed E-state index contributed by atoms with van der Waals surface area (Å²) in [4.78, 5) is 14.8. The fraction of sp³-hybridized carbons (Fsp3) is 0.588. The standard InChI is InChI=1S/C17H24N2O/c1-3-19(14-6-4-13(2)5-7-14)16(20)15-12-17(15)8-10-18-11-9-17/h4-7,15,18H,3,8-12H2,1-2H3. The number of amides is 1. The molecule has 1 spiro atoms. The lowest BCUT2D eigenvalue weighted by atomic mass is 9.91. The van der Waals surface area contributed by atoms with Crippen LogP contribution in [0.15, 0.2) is 24.3 Å². The minimum Gasteiger partial charge on any atom is -0.317 e. The summed E-state index contributed by atoms with van der Waals surface area (Å²) in [6, 6.07) is 8.29. The molecule has 3 rings (SSSR count). The van der Waals surface area contributed by atoms with Crippen LogP contribution in [0.1, 0.15) is 31.7 Å². The first-order valence-electron chi connectivity index (χ1n) is 7.75. The van der Waals surface area contributed by atoms with Gasteiger partial charge in [0.1, 0.15) is 0 Å². The molecule has 2 fully saturated rings. The molecule has 1 heterocycles. The number of rotatable bonds is 3. The average molecular weight is 272 g/mol. The van der Waals surface area contributed by atoms with E-state index in [-0.39, 0.29) is 5.92 Å². The van der Waals surface area contributed by atoms with Crippen LogP contribution in [0, 0.1) is 18.3 Å². The first-order valence-corrected chi connectivity index (χ1v) is 7.75. The molecule has 1 aliphatic heterocycles. The molecule has 1 saturated carbocycles. The molecule has 2 aliphatic rings. The maximum absolute atomic E-state index is 12.8. The van der Waals surface area contributed by atoms with Crippen molar-refractivity contribution in [2.45, 2.75) is 33.1 Å². The van der Waals surface area contributed by atoms with Gasteiger partial charge in [-0.15, -0.1) is 0 Å². The number of aryl methyl sites for hydroxylation is 1. The van der Waals surface area contributed by atoms with Crippen molar-refractivity contribution in [2.24, 2.45) is 11.3 Å². The highest BCUT2D eigenvalue weighted by molar-refractivity contribution is 5.97. The Morgan fingerprint density at radius 1 is 1.30 bits per heavy atom. The van der Waals surface area contributed by atoms with Gasteiger partial charge in [-0.25, -0.2) is 0 Å². The van der Waals surface area contributed by atoms with Gasteiger partial charge in [-0.1, -0.05) is 17.7 Å². The Bertz CT molecular complexity index is 488. The summed E-state index contributed by atoms with van der Waals surface area (Å²) in [5.74, 6) is 0.587. The van der Waals surface area contributed by atoms with Gasteiger partial charge < -0.3 is 10.2 Å². The summed E-state index contributed by atoms with van der Waals surface area (Å²) < 4.78 is 0. The summed E-state index contributed by atoms with van der Waals surface area (Å²) >= 11 is 0. The fourth-order valence-corrected chi connectivity index (χ4v) is 3.55. The number of carbonyl (C=O) groups is 1. The Morgan fingerprint density at radius 2 is 1.95 bits per heavy atom. The lowest BCUT2D eigenvalue weighted by Crippen LogP contribution is -2.36. The van der Waals surface area contributed by atoms with E-state index in [0.29, 0.717) is 11.3 Å². The quantitative estimate of drug-likeness (QED) is 0.917. The molecule has 1 amide bonds. The lowest BCUT2D eigenvalue weighted by molar-refractivity contribution is -0.120. The van der Waals surface area contributed by atoms with Gasteiger partial charge in [0, 0.05) is 18.2 Å². The fourth-order valence-electron chi connectivity index (χ4n) is 3.55. The van der Waals surface area contributed by atoms with Crippen molar-refractivity contribution in [1.29, 1.82) is 0 Å². The van der Waals surface area contributed by atoms with Crippen LogP contribution in [0.3, 0.4) is 0 Å². The predicted octanol–water partition coefficient (Wildman–Crippen LogP) is 2.74. The Balaban J connectivity index is 1.74. The van der Waals surface area contributed by atoms with E-state index >= 15 is 0 Å². The van der Waals surface area contributed by atoms with Gasteiger partial charge in [-0.3, -0.25) is 4.79 Å². The zero-order chi connectivity index (χ0) is 14.2. The Kier molecular flexibility index (Phi) is 3.55. The third-order valence-corrected chi connectivity index (χ3v) is 5.02. The molecule has 1 atom stereocenters. The molecule has 3 heteroatoms. The van der Waals surface area contributed by atoms with Gasteiger partial charge >= 0.3 is 0 Å². The second-order valence-corrected chi connectivity index (χ2v) is 6.29. The van der Waals surface area contributed by atoms with Crippen LogP contribution in [-0.2, 0) is 4.79 Å². The van der Waals surface area contributed by atoms with Gasteiger partial charge in [-0.2, -0.15) is 0 Å². The van der Waals surface area contributed by atoms with E-state index in [9.17, 15) is 4.79 Å². The second kappa shape index (κ2) is 5.21. The summed E-state index contributed by atoms with van der Waals surface area (Å²) in [5.41, 5.74) is 2.60. The van der Waals surface area contributed by atoms with Crippen molar-refractivity contribution < 1.29 is 4.79 Å². The zero-order valence-electron chi connectivity index (χ0n) is 12.5. The molecule has 1 saturated heterocycles. The molecule has 20 heavy (non-hydrogen) atoms. The monoisotopic (exact) mass is 272 g/mol. The molecule has 1 N–H and O–H groups in total. The zero-order valence-corrected chi connectivity index (χ0v) is 12.5. The van der Waals surface area contributed by atoms with E-state index in [1.54, 1.807) is 0 Å². The highest BCUT2D eigenvalue weighted by Gasteiger charge is 2.58. The first-order chi connectivity index (χ1) is 9.66. The van der Waals surface area contributed by atoms with Gasteiger partial charge in [0.15, 0.2) is 0 Å². The molecule has 0 aromatic heterocycles. The first kappa shape index (κ1) is 13.6. The van der Waals surface area contributed by atoms with Crippen molar-refractivity contribution in [2.75, 3.05) is 24.5 Å². The number of hydrogen-bond acceptors (Lipinski definition) is 2. The van der Waals surface area contributed by atoms with Crippen molar-refractivity contribution in [3.63, 3.8) is 0 Å². The molecule has 0 bridgehead atoms. The maximum Gasteiger partial charge on any atom is 0.230 e. The highest BCUT2D eigenvalue weighted by atomic mass is 16.2. The maximum atomic E-state index is 12.8. The van der Waals surface area contributed by atoms with Crippen LogP contribution in [0.4, 0.5) is 5.69 Å². The number of benzene rings is 1. The van der Waals surface area contributed by atoms with E-state index in [1.165, 1.54) is 5.56 Å². The van der Waals surface area contributed by atoms with Crippen LogP contribution in [0.5, 0.6) is 0 Å². The Hall–Kier alpha value is -1.35. The number of hydrogen-bond donors (Lipinski definition) is 1. The minimum absolute atomic E-state index is 0.255. The molecule has 3 nitrogen and oxygen atoms in total. The molecule has 1 aromatic rings. The van der Waals surface area contributed by atoms with Gasteiger partial charge in [0.25, 0.3) is 0 Å². The van der Waals surface area contributed by atoms with Crippen LogP contribution in [0.25, 0.3) is 0 Å². The molecular weight excluding hydrogens is 248 g/mol. The van der Waals surface area contributed by atoms with Crippen LogP contribution in [-0.4, -0.2) is 25.5 Å². The van der Waals surface area contributed by atoms with Crippen LogP contribution in [0.2, 0.25) is 0 Å². The molecule has 108 valence electrons. The second-order valence-electron chi connectivity index (χ2n) is 6.29. The largest absolute Gasteiger partial charge is 0.317 e. The average Bonchev–Trinajstić information content (AvgIpc) is 3.16. The van der Waals surface area contributed by atoms with E-state index < -0.39 is 0 Å². The van der Waals surface area contributed by atoms with Crippen molar-refractivity contribution >= 4 is 11.6 Å². The third-order valence-electron chi connectivity index (χ3n) is 5.02. The van der Waals surface area contributed by atoms with Crippen LogP contribution >= 0.6 is 0 Å². The molecule has 1 aromatic carbocycles. The van der Waals surface area contributed by atoms with E-state index in [4.69, 9.17) is 0 Å². The van der Waals surface area contributed by atoms with E-state index in [2.05, 4.69) is 43.4 Å². The third kappa shape index (κ3) is 2.35. The minimum atomic E-state index is 0.255. The van der Waals surface area contributed by atoms with Crippen molar-refractivity contribution in [3.05, 3.63) is 29.8 Å². The summed E-state index contributed by atoms with van der Waals surface area (Å²) in [7, 11) is 0. The number of carbonyl (C=O) groups excluding carboxylic acids is 1. The van der Waals surface area contributed by atoms with Crippen molar-refractivity contribution in [3.8, 4) is 0 Å². The van der Waals surface area contributed by atoms with Crippen molar-refractivity contribution in [1.82, 2.24) is 5.32 Å².